The number of amides is 1. The summed E-state index contributed by atoms with van der Waals surface area (Å²) in [7, 11) is 0. The third-order valence-electron chi connectivity index (χ3n) is 4.77. The lowest BCUT2D eigenvalue weighted by Crippen LogP contribution is -2.38. The number of carbonyl (C=O) groups excluding carboxylic acids is 1. The Morgan fingerprint density at radius 3 is 3.00 bits per heavy atom. The number of aromatic nitrogens is 1. The number of fused-ring (bicyclic) bond motifs is 1. The Labute approximate surface area is 146 Å². The van der Waals surface area contributed by atoms with Crippen LogP contribution in [0.15, 0.2) is 36.4 Å². The second kappa shape index (κ2) is 7.03. The molecule has 1 fully saturated rings. The van der Waals surface area contributed by atoms with Gasteiger partial charge in [-0.3, -0.25) is 9.69 Å². The summed E-state index contributed by atoms with van der Waals surface area (Å²) >= 11 is 1.60. The summed E-state index contributed by atoms with van der Waals surface area (Å²) in [6.45, 7) is 1.42. The molecule has 2 heterocycles. The minimum atomic E-state index is 0.139. The molecular weight excluding hydrogens is 320 g/mol. The number of nitrogens with zero attached hydrogens (tertiary/aromatic N) is 2. The molecule has 4 rings (SSSR count). The fraction of sp³-hybridized carbons (Fsp3) is 0.474. The van der Waals surface area contributed by atoms with Gasteiger partial charge < -0.3 is 4.74 Å². The first-order valence-corrected chi connectivity index (χ1v) is 9.55. The van der Waals surface area contributed by atoms with Gasteiger partial charge >= 0.3 is 0 Å². The van der Waals surface area contributed by atoms with Crippen molar-refractivity contribution in [3.63, 3.8) is 0 Å². The summed E-state index contributed by atoms with van der Waals surface area (Å²) < 4.78 is 6.89. The van der Waals surface area contributed by atoms with E-state index >= 15 is 0 Å². The third kappa shape index (κ3) is 3.37. The van der Waals surface area contributed by atoms with Crippen LogP contribution < -0.4 is 4.90 Å². The van der Waals surface area contributed by atoms with Gasteiger partial charge in [-0.1, -0.05) is 35.6 Å². The van der Waals surface area contributed by atoms with Crippen molar-refractivity contribution in [3.05, 3.63) is 36.4 Å². The van der Waals surface area contributed by atoms with Crippen LogP contribution in [0, 0.1) is 5.92 Å². The van der Waals surface area contributed by atoms with Gasteiger partial charge in [0.25, 0.3) is 0 Å². The topological polar surface area (TPSA) is 42.4 Å². The van der Waals surface area contributed by atoms with Crippen molar-refractivity contribution in [1.29, 1.82) is 0 Å². The third-order valence-corrected chi connectivity index (χ3v) is 5.83. The predicted molar refractivity (Wildman–Crippen MR) is 97.4 cm³/mol. The lowest BCUT2D eigenvalue weighted by atomic mass is 10.0. The summed E-state index contributed by atoms with van der Waals surface area (Å²) in [5, 5.41) is 0.804. The molecule has 0 unspecified atom stereocenters. The number of hydrogen-bond acceptors (Lipinski definition) is 4. The van der Waals surface area contributed by atoms with Gasteiger partial charge in [-0.15, -0.1) is 0 Å². The van der Waals surface area contributed by atoms with Crippen LogP contribution in [0.1, 0.15) is 32.1 Å². The smallest absolute Gasteiger partial charge is 0.229 e. The lowest BCUT2D eigenvalue weighted by molar-refractivity contribution is -0.119. The van der Waals surface area contributed by atoms with Crippen molar-refractivity contribution in [3.8, 4) is 0 Å². The standard InChI is InChI=1S/C19H22N2O2S/c22-18(12-14-6-1-2-7-14)21(13-15-8-5-11-23-15)19-20-16-9-3-4-10-17(16)24-19/h1,3-4,6,9-10,14-15H,2,5,7-8,11-13H2/t14-,15-/m1/s1. The Bertz CT molecular complexity index is 716. The minimum absolute atomic E-state index is 0.139. The summed E-state index contributed by atoms with van der Waals surface area (Å²) in [5.41, 5.74) is 0.961. The van der Waals surface area contributed by atoms with E-state index in [1.54, 1.807) is 11.3 Å². The Hall–Kier alpha value is -1.72. The van der Waals surface area contributed by atoms with Crippen LogP contribution in [-0.2, 0) is 9.53 Å². The van der Waals surface area contributed by atoms with E-state index in [2.05, 4.69) is 18.2 Å². The SMILES string of the molecule is O=C(C[C@@H]1C=CCC1)N(C[C@H]1CCCO1)c1nc2ccccc2s1. The Balaban J connectivity index is 1.58. The number of benzene rings is 1. The van der Waals surface area contributed by atoms with Gasteiger partial charge in [0.15, 0.2) is 5.13 Å². The number of hydrogen-bond donors (Lipinski definition) is 0. The average molecular weight is 342 g/mol. The molecule has 1 aliphatic heterocycles. The highest BCUT2D eigenvalue weighted by Crippen LogP contribution is 2.31. The quantitative estimate of drug-likeness (QED) is 0.766. The van der Waals surface area contributed by atoms with Gasteiger partial charge in [-0.25, -0.2) is 4.98 Å². The summed E-state index contributed by atoms with van der Waals surface area (Å²) in [6, 6.07) is 8.07. The van der Waals surface area contributed by atoms with Crippen LogP contribution in [0.25, 0.3) is 10.2 Å². The molecule has 24 heavy (non-hydrogen) atoms. The normalized spacial score (nSPS) is 23.2. The molecule has 2 aliphatic rings. The van der Waals surface area contributed by atoms with Gasteiger partial charge in [-0.05, 0) is 43.7 Å². The van der Waals surface area contributed by atoms with Crippen molar-refractivity contribution in [2.24, 2.45) is 5.92 Å². The van der Waals surface area contributed by atoms with Gasteiger partial charge in [0, 0.05) is 13.0 Å². The highest BCUT2D eigenvalue weighted by Gasteiger charge is 2.27. The summed E-state index contributed by atoms with van der Waals surface area (Å²) in [4.78, 5) is 19.5. The van der Waals surface area contributed by atoms with Crippen molar-refractivity contribution in [2.75, 3.05) is 18.1 Å². The van der Waals surface area contributed by atoms with Crippen molar-refractivity contribution in [2.45, 2.75) is 38.2 Å². The first-order valence-electron chi connectivity index (χ1n) is 8.74. The zero-order valence-corrected chi connectivity index (χ0v) is 14.5. The largest absolute Gasteiger partial charge is 0.376 e. The fourth-order valence-electron chi connectivity index (χ4n) is 3.45. The van der Waals surface area contributed by atoms with E-state index in [4.69, 9.17) is 9.72 Å². The summed E-state index contributed by atoms with van der Waals surface area (Å²) in [5.74, 6) is 0.542. The molecule has 5 heteroatoms. The zero-order chi connectivity index (χ0) is 16.4. The Morgan fingerprint density at radius 2 is 2.25 bits per heavy atom. The van der Waals surface area contributed by atoms with Crippen molar-refractivity contribution < 1.29 is 9.53 Å². The van der Waals surface area contributed by atoms with Gasteiger partial charge in [0.1, 0.15) is 0 Å². The van der Waals surface area contributed by atoms with Crippen LogP contribution >= 0.6 is 11.3 Å². The Morgan fingerprint density at radius 1 is 1.33 bits per heavy atom. The molecule has 1 amide bonds. The monoisotopic (exact) mass is 342 g/mol. The number of rotatable bonds is 5. The molecule has 0 radical (unpaired) electrons. The van der Waals surface area contributed by atoms with Crippen LogP contribution in [0.4, 0.5) is 5.13 Å². The molecule has 1 aliphatic carbocycles. The molecule has 1 aromatic heterocycles. The molecule has 0 bridgehead atoms. The van der Waals surface area contributed by atoms with E-state index in [-0.39, 0.29) is 12.0 Å². The molecule has 0 N–H and O–H groups in total. The highest BCUT2D eigenvalue weighted by molar-refractivity contribution is 7.22. The molecule has 1 saturated heterocycles. The second-order valence-corrected chi connectivity index (χ2v) is 7.58. The number of thiazole rings is 1. The van der Waals surface area contributed by atoms with Crippen LogP contribution in [-0.4, -0.2) is 30.1 Å². The molecule has 0 spiro atoms. The van der Waals surface area contributed by atoms with E-state index in [0.29, 0.717) is 18.9 Å². The molecular formula is C19H22N2O2S. The van der Waals surface area contributed by atoms with Crippen LogP contribution in [0.3, 0.4) is 0 Å². The van der Waals surface area contributed by atoms with Crippen LogP contribution in [0.2, 0.25) is 0 Å². The fourth-order valence-corrected chi connectivity index (χ4v) is 4.45. The van der Waals surface area contributed by atoms with Gasteiger partial charge in [0.05, 0.1) is 22.9 Å². The van der Waals surface area contributed by atoms with Crippen molar-refractivity contribution in [1.82, 2.24) is 4.98 Å². The van der Waals surface area contributed by atoms with E-state index in [9.17, 15) is 4.79 Å². The number of allylic oxidation sites excluding steroid dienone is 2. The Kier molecular flexibility index (Phi) is 4.63. The maximum Gasteiger partial charge on any atom is 0.229 e. The maximum absolute atomic E-state index is 13.0. The molecule has 2 atom stereocenters. The predicted octanol–water partition coefficient (Wildman–Crippen LogP) is 4.16. The van der Waals surface area contributed by atoms with Crippen molar-refractivity contribution >= 4 is 32.6 Å². The molecule has 0 saturated carbocycles. The number of carbonyl (C=O) groups is 1. The van der Waals surface area contributed by atoms with Crippen LogP contribution in [0.5, 0.6) is 0 Å². The molecule has 4 nitrogen and oxygen atoms in total. The molecule has 1 aromatic carbocycles. The highest BCUT2D eigenvalue weighted by atomic mass is 32.1. The molecule has 126 valence electrons. The van der Waals surface area contributed by atoms with E-state index < -0.39 is 0 Å². The number of ether oxygens (including phenoxy) is 1. The average Bonchev–Trinajstić information content (AvgIpc) is 3.33. The maximum atomic E-state index is 13.0. The van der Waals surface area contributed by atoms with Gasteiger partial charge in [-0.2, -0.15) is 0 Å². The van der Waals surface area contributed by atoms with Gasteiger partial charge in [0.2, 0.25) is 5.91 Å². The number of anilines is 1. The first-order chi connectivity index (χ1) is 11.8. The molecule has 2 aromatic rings. The minimum Gasteiger partial charge on any atom is -0.376 e. The van der Waals surface area contributed by atoms with E-state index in [1.807, 2.05) is 23.1 Å². The lowest BCUT2D eigenvalue weighted by Gasteiger charge is -2.24. The summed E-state index contributed by atoms with van der Waals surface area (Å²) in [6.07, 6.45) is 9.35. The van der Waals surface area contributed by atoms with E-state index in [0.717, 1.165) is 47.6 Å². The second-order valence-electron chi connectivity index (χ2n) is 6.57. The number of para-hydroxylation sites is 1. The van der Waals surface area contributed by atoms with E-state index in [1.165, 1.54) is 0 Å². The zero-order valence-electron chi connectivity index (χ0n) is 13.7. The first kappa shape index (κ1) is 15.8.